The molecule has 3 aromatic carbocycles. The van der Waals surface area contributed by atoms with Crippen molar-refractivity contribution in [3.05, 3.63) is 88.0 Å². The van der Waals surface area contributed by atoms with Gasteiger partial charge in [0.1, 0.15) is 4.90 Å². The van der Waals surface area contributed by atoms with Gasteiger partial charge in [0.25, 0.3) is 10.0 Å². The van der Waals surface area contributed by atoms with Crippen molar-refractivity contribution in [3.63, 3.8) is 0 Å². The molecule has 12 heteroatoms. The van der Waals surface area contributed by atoms with Gasteiger partial charge >= 0.3 is 0 Å². The number of nitrogens with two attached hydrogens (primary N) is 1. The fourth-order valence-electron chi connectivity index (χ4n) is 3.70. The van der Waals surface area contributed by atoms with Gasteiger partial charge in [0.15, 0.2) is 11.5 Å². The summed E-state index contributed by atoms with van der Waals surface area (Å²) in [5.41, 5.74) is 8.91. The minimum Gasteiger partial charge on any atom is -0.454 e. The number of rotatable bonds is 6. The van der Waals surface area contributed by atoms with Gasteiger partial charge in [-0.3, -0.25) is 0 Å². The Kier molecular flexibility index (Phi) is 7.09. The van der Waals surface area contributed by atoms with Crippen molar-refractivity contribution >= 4 is 50.9 Å². The Morgan fingerprint density at radius 3 is 2.57 bits per heavy atom. The van der Waals surface area contributed by atoms with Crippen LogP contribution in [0.5, 0.6) is 11.5 Å². The Morgan fingerprint density at radius 2 is 1.81 bits per heavy atom. The number of benzene rings is 3. The van der Waals surface area contributed by atoms with Gasteiger partial charge in [0.05, 0.1) is 11.9 Å². The second-order valence-electron chi connectivity index (χ2n) is 8.05. The van der Waals surface area contributed by atoms with Gasteiger partial charge in [0, 0.05) is 32.3 Å². The van der Waals surface area contributed by atoms with E-state index < -0.39 is 10.0 Å². The largest absolute Gasteiger partial charge is 0.454 e. The number of hydrogen-bond acceptors (Lipinski definition) is 6. The van der Waals surface area contributed by atoms with Crippen LogP contribution in [0.3, 0.4) is 0 Å². The third-order valence-corrected chi connectivity index (χ3v) is 8.88. The van der Waals surface area contributed by atoms with Crippen LogP contribution in [0.4, 0.5) is 0 Å². The van der Waals surface area contributed by atoms with Crippen molar-refractivity contribution < 1.29 is 17.9 Å². The quantitative estimate of drug-likeness (QED) is 0.178. The highest BCUT2D eigenvalue weighted by Gasteiger charge is 2.23. The Morgan fingerprint density at radius 1 is 1.08 bits per heavy atom. The van der Waals surface area contributed by atoms with E-state index in [0.29, 0.717) is 43.5 Å². The maximum Gasteiger partial charge on any atom is 0.286 e. The van der Waals surface area contributed by atoms with E-state index in [-0.39, 0.29) is 17.6 Å². The lowest BCUT2D eigenvalue weighted by Crippen LogP contribution is -2.26. The summed E-state index contributed by atoms with van der Waals surface area (Å²) in [5, 5.41) is 5.08. The Labute approximate surface area is 228 Å². The molecule has 2 N–H and O–H groups in total. The average molecular weight is 575 g/mol. The zero-order valence-electron chi connectivity index (χ0n) is 19.4. The molecule has 0 saturated carbocycles. The molecule has 0 saturated heterocycles. The number of hydrogen-bond donors (Lipinski definition) is 1. The molecule has 1 aromatic heterocycles. The van der Waals surface area contributed by atoms with Crippen LogP contribution in [0.15, 0.2) is 81.0 Å². The highest BCUT2D eigenvalue weighted by Crippen LogP contribution is 2.40. The first-order valence-electron chi connectivity index (χ1n) is 10.9. The predicted molar refractivity (Wildman–Crippen MR) is 145 cm³/mol. The summed E-state index contributed by atoms with van der Waals surface area (Å²) < 4.78 is 42.9. The smallest absolute Gasteiger partial charge is 0.286 e. The van der Waals surface area contributed by atoms with E-state index in [0.717, 1.165) is 11.1 Å². The normalized spacial score (nSPS) is 13.2. The molecule has 0 unspecified atom stereocenters. The molecule has 0 fully saturated rings. The van der Waals surface area contributed by atoms with Crippen LogP contribution < -0.4 is 15.2 Å². The third kappa shape index (κ3) is 5.28. The Hall–Kier alpha value is -3.18. The highest BCUT2D eigenvalue weighted by molar-refractivity contribution is 7.99. The van der Waals surface area contributed by atoms with Gasteiger partial charge in [-0.25, -0.2) is 0 Å². The minimum absolute atomic E-state index is 0.0207. The van der Waals surface area contributed by atoms with E-state index in [1.807, 2.05) is 30.3 Å². The van der Waals surface area contributed by atoms with E-state index in [4.69, 9.17) is 38.4 Å². The van der Waals surface area contributed by atoms with E-state index in [1.165, 1.54) is 28.7 Å². The first kappa shape index (κ1) is 25.5. The first-order valence-corrected chi connectivity index (χ1v) is 14.1. The van der Waals surface area contributed by atoms with Crippen LogP contribution in [-0.4, -0.2) is 31.0 Å². The second-order valence-corrected chi connectivity index (χ2v) is 11.5. The van der Waals surface area contributed by atoms with Gasteiger partial charge < -0.3 is 15.2 Å². The lowest BCUT2D eigenvalue weighted by molar-refractivity contribution is 0.174. The van der Waals surface area contributed by atoms with Crippen LogP contribution in [0.1, 0.15) is 11.1 Å². The molecule has 1 aliphatic heterocycles. The molecule has 0 bridgehead atoms. The summed E-state index contributed by atoms with van der Waals surface area (Å²) in [6.07, 6.45) is 1.53. The van der Waals surface area contributed by atoms with Crippen LogP contribution in [0.25, 0.3) is 11.3 Å². The zero-order chi connectivity index (χ0) is 26.2. The summed E-state index contributed by atoms with van der Waals surface area (Å²) in [4.78, 5) is 0.386. The van der Waals surface area contributed by atoms with Crippen molar-refractivity contribution in [2.45, 2.75) is 22.5 Å². The number of fused-ring (bicyclic) bond motifs is 1. The molecule has 0 radical (unpaired) electrons. The van der Waals surface area contributed by atoms with Crippen molar-refractivity contribution in [2.75, 3.05) is 6.79 Å². The predicted octanol–water partition coefficient (Wildman–Crippen LogP) is 5.74. The van der Waals surface area contributed by atoms with Crippen molar-refractivity contribution in [3.8, 4) is 22.8 Å². The summed E-state index contributed by atoms with van der Waals surface area (Å²) in [6, 6.07) is 17.6. The monoisotopic (exact) mass is 574 g/mol. The van der Waals surface area contributed by atoms with Crippen LogP contribution in [0, 0.1) is 6.92 Å². The number of aryl methyl sites for hydroxylation is 1. The molecule has 5 rings (SSSR count). The highest BCUT2D eigenvalue weighted by atomic mass is 35.5. The van der Waals surface area contributed by atoms with E-state index >= 15 is 0 Å². The van der Waals surface area contributed by atoms with Crippen molar-refractivity contribution in [2.24, 2.45) is 10.1 Å². The lowest BCUT2D eigenvalue weighted by Gasteiger charge is -2.12. The molecule has 4 aromatic rings. The molecule has 190 valence electrons. The number of ether oxygens (including phenoxy) is 2. The number of nitrogens with zero attached hydrogens (tertiary/aromatic N) is 3. The molecule has 1 aliphatic rings. The zero-order valence-corrected chi connectivity index (χ0v) is 22.5. The SMILES string of the molecule is Cc1cc(S(=O)(=O)N=C(N)n2nccc2-c2ccccc2)c(SCc2cc3c(cc2Cl)OCO3)cc1Cl. The molecular formula is C25H20Cl2N4O4S2. The maximum absolute atomic E-state index is 13.5. The molecule has 8 nitrogen and oxygen atoms in total. The second kappa shape index (κ2) is 10.3. The van der Waals surface area contributed by atoms with Crippen LogP contribution in [-0.2, 0) is 15.8 Å². The van der Waals surface area contributed by atoms with Gasteiger partial charge in [0.2, 0.25) is 12.8 Å². The molecule has 0 atom stereocenters. The topological polar surface area (TPSA) is 109 Å². The molecule has 2 heterocycles. The molecule has 0 aliphatic carbocycles. The molecule has 0 spiro atoms. The van der Waals surface area contributed by atoms with Crippen molar-refractivity contribution in [1.29, 1.82) is 0 Å². The number of aromatic nitrogens is 2. The standard InChI is InChI=1S/C25H20Cl2N4O4S2/c1-15-9-24(23(12-18(15)26)36-13-17-10-21-22(11-19(17)27)35-14-34-21)37(32,33)30-25(28)31-20(7-8-29-31)16-5-3-2-4-6-16/h2-12H,13-14H2,1H3,(H2,28,30). The Balaban J connectivity index is 1.48. The maximum atomic E-state index is 13.5. The number of halogens is 2. The third-order valence-electron chi connectivity index (χ3n) is 5.57. The fourth-order valence-corrected chi connectivity index (χ4v) is 6.73. The summed E-state index contributed by atoms with van der Waals surface area (Å²) in [5.74, 6) is 1.22. The number of sulfonamides is 1. The van der Waals surface area contributed by atoms with Gasteiger partial charge in [-0.05, 0) is 42.3 Å². The minimum atomic E-state index is -4.23. The van der Waals surface area contributed by atoms with Gasteiger partial charge in [-0.15, -0.1) is 16.2 Å². The first-order chi connectivity index (χ1) is 17.7. The average Bonchev–Trinajstić information content (AvgIpc) is 3.54. The molecule has 37 heavy (non-hydrogen) atoms. The van der Waals surface area contributed by atoms with Gasteiger partial charge in [-0.2, -0.15) is 18.2 Å². The number of thioether (sulfide) groups is 1. The molecular weight excluding hydrogens is 555 g/mol. The summed E-state index contributed by atoms with van der Waals surface area (Å²) in [6.45, 7) is 1.85. The molecule has 0 amide bonds. The van der Waals surface area contributed by atoms with E-state index in [1.54, 1.807) is 31.2 Å². The van der Waals surface area contributed by atoms with E-state index in [2.05, 4.69) is 9.50 Å². The summed E-state index contributed by atoms with van der Waals surface area (Å²) >= 11 is 14.0. The van der Waals surface area contributed by atoms with Gasteiger partial charge in [-0.1, -0.05) is 53.5 Å². The van der Waals surface area contributed by atoms with Crippen LogP contribution in [0.2, 0.25) is 10.0 Å². The van der Waals surface area contributed by atoms with E-state index in [9.17, 15) is 8.42 Å². The fraction of sp³-hybridized carbons (Fsp3) is 0.120. The van der Waals surface area contributed by atoms with Crippen molar-refractivity contribution in [1.82, 2.24) is 9.78 Å². The summed E-state index contributed by atoms with van der Waals surface area (Å²) in [7, 11) is -4.23. The lowest BCUT2D eigenvalue weighted by atomic mass is 10.1. The Bertz CT molecular complexity index is 1620. The van der Waals surface area contributed by atoms with Crippen LogP contribution >= 0.6 is 35.0 Å².